The Balaban J connectivity index is 0.000000791. The van der Waals surface area contributed by atoms with Gasteiger partial charge < -0.3 is 4.74 Å². The minimum atomic E-state index is -0.259. The highest BCUT2D eigenvalue weighted by molar-refractivity contribution is 6.30. The summed E-state index contributed by atoms with van der Waals surface area (Å²) in [6, 6.07) is 7.72. The lowest BCUT2D eigenvalue weighted by molar-refractivity contribution is 0.0192. The SMILES string of the molecule is CC.COC(C)(C)c1cccc(Cl)c1. The molecule has 1 aromatic carbocycles. The second-order valence-corrected chi connectivity index (χ2v) is 3.66. The fourth-order valence-electron chi connectivity index (χ4n) is 0.981. The molecule has 0 atom stereocenters. The van der Waals surface area contributed by atoms with Gasteiger partial charge in [0.2, 0.25) is 0 Å². The summed E-state index contributed by atoms with van der Waals surface area (Å²) in [5.41, 5.74) is 0.836. The zero-order chi connectivity index (χ0) is 11.2. The van der Waals surface area contributed by atoms with Crippen molar-refractivity contribution in [2.24, 2.45) is 0 Å². The molecule has 0 radical (unpaired) electrons. The standard InChI is InChI=1S/C10H13ClO.C2H6/c1-10(2,12-3)8-5-4-6-9(11)7-8;1-2/h4-7H,1-3H3;1-2H3. The Bertz CT molecular complexity index is 269. The lowest BCUT2D eigenvalue weighted by atomic mass is 9.98. The molecule has 0 fully saturated rings. The van der Waals surface area contributed by atoms with Gasteiger partial charge in [0, 0.05) is 12.1 Å². The van der Waals surface area contributed by atoms with Crippen molar-refractivity contribution in [2.75, 3.05) is 7.11 Å². The van der Waals surface area contributed by atoms with E-state index in [-0.39, 0.29) is 5.60 Å². The largest absolute Gasteiger partial charge is 0.374 e. The van der Waals surface area contributed by atoms with Gasteiger partial charge in [0.05, 0.1) is 5.60 Å². The molecule has 1 rings (SSSR count). The smallest absolute Gasteiger partial charge is 0.0872 e. The van der Waals surface area contributed by atoms with Crippen molar-refractivity contribution >= 4 is 11.6 Å². The Kier molecular flexibility index (Phi) is 5.82. The van der Waals surface area contributed by atoms with Gasteiger partial charge in [-0.25, -0.2) is 0 Å². The maximum Gasteiger partial charge on any atom is 0.0872 e. The Morgan fingerprint density at radius 1 is 1.21 bits per heavy atom. The normalized spacial score (nSPS) is 10.4. The van der Waals surface area contributed by atoms with Crippen LogP contribution in [0.25, 0.3) is 0 Å². The van der Waals surface area contributed by atoms with E-state index in [4.69, 9.17) is 16.3 Å². The predicted molar refractivity (Wildman–Crippen MR) is 62.8 cm³/mol. The minimum absolute atomic E-state index is 0.259. The van der Waals surface area contributed by atoms with Gasteiger partial charge in [-0.1, -0.05) is 37.6 Å². The maximum atomic E-state index is 5.85. The number of rotatable bonds is 2. The van der Waals surface area contributed by atoms with Crippen molar-refractivity contribution in [3.8, 4) is 0 Å². The van der Waals surface area contributed by atoms with E-state index in [1.807, 2.05) is 52.0 Å². The molecule has 0 unspecified atom stereocenters. The van der Waals surface area contributed by atoms with Crippen LogP contribution in [0.15, 0.2) is 24.3 Å². The van der Waals surface area contributed by atoms with E-state index in [0.717, 1.165) is 10.6 Å². The van der Waals surface area contributed by atoms with E-state index in [2.05, 4.69) is 0 Å². The van der Waals surface area contributed by atoms with Crippen LogP contribution in [0.3, 0.4) is 0 Å². The minimum Gasteiger partial charge on any atom is -0.374 e. The van der Waals surface area contributed by atoms with E-state index < -0.39 is 0 Å². The van der Waals surface area contributed by atoms with Gasteiger partial charge in [-0.3, -0.25) is 0 Å². The number of ether oxygens (including phenoxy) is 1. The first kappa shape index (κ1) is 13.5. The van der Waals surface area contributed by atoms with E-state index in [1.54, 1.807) is 7.11 Å². The van der Waals surface area contributed by atoms with Crippen molar-refractivity contribution in [3.05, 3.63) is 34.9 Å². The molecular weight excluding hydrogens is 196 g/mol. The highest BCUT2D eigenvalue weighted by Gasteiger charge is 2.18. The van der Waals surface area contributed by atoms with Gasteiger partial charge in [0.1, 0.15) is 0 Å². The summed E-state index contributed by atoms with van der Waals surface area (Å²) in [5, 5.41) is 0.748. The Labute approximate surface area is 92.0 Å². The molecule has 0 aliphatic carbocycles. The summed E-state index contributed by atoms with van der Waals surface area (Å²) < 4.78 is 5.32. The van der Waals surface area contributed by atoms with Crippen LogP contribution < -0.4 is 0 Å². The van der Waals surface area contributed by atoms with Crippen LogP contribution in [0.4, 0.5) is 0 Å². The number of benzene rings is 1. The third kappa shape index (κ3) is 3.69. The molecule has 0 bridgehead atoms. The van der Waals surface area contributed by atoms with Crippen molar-refractivity contribution in [1.29, 1.82) is 0 Å². The Hall–Kier alpha value is -0.530. The van der Waals surface area contributed by atoms with Crippen LogP contribution in [0.5, 0.6) is 0 Å². The van der Waals surface area contributed by atoms with Crippen molar-refractivity contribution in [3.63, 3.8) is 0 Å². The van der Waals surface area contributed by atoms with Gasteiger partial charge in [0.25, 0.3) is 0 Å². The summed E-state index contributed by atoms with van der Waals surface area (Å²) >= 11 is 5.85. The molecule has 14 heavy (non-hydrogen) atoms. The predicted octanol–water partition coefficient (Wildman–Crippen LogP) is 4.25. The summed E-state index contributed by atoms with van der Waals surface area (Å²) in [6.07, 6.45) is 0. The number of hydrogen-bond acceptors (Lipinski definition) is 1. The third-order valence-corrected chi connectivity index (χ3v) is 2.27. The van der Waals surface area contributed by atoms with Gasteiger partial charge in [-0.2, -0.15) is 0 Å². The lowest BCUT2D eigenvalue weighted by Crippen LogP contribution is -2.19. The van der Waals surface area contributed by atoms with Crippen molar-refractivity contribution in [1.82, 2.24) is 0 Å². The molecule has 0 saturated carbocycles. The fourth-order valence-corrected chi connectivity index (χ4v) is 1.17. The first-order chi connectivity index (χ1) is 6.56. The Morgan fingerprint density at radius 2 is 1.79 bits per heavy atom. The van der Waals surface area contributed by atoms with E-state index in [1.165, 1.54) is 0 Å². The van der Waals surface area contributed by atoms with Crippen LogP contribution in [-0.2, 0) is 10.3 Å². The van der Waals surface area contributed by atoms with Crippen LogP contribution in [-0.4, -0.2) is 7.11 Å². The van der Waals surface area contributed by atoms with E-state index >= 15 is 0 Å². The summed E-state index contributed by atoms with van der Waals surface area (Å²) in [7, 11) is 1.70. The number of methoxy groups -OCH3 is 1. The summed E-state index contributed by atoms with van der Waals surface area (Å²) in [4.78, 5) is 0. The zero-order valence-corrected chi connectivity index (χ0v) is 10.4. The summed E-state index contributed by atoms with van der Waals surface area (Å²) in [6.45, 7) is 8.03. The molecule has 0 aliphatic heterocycles. The van der Waals surface area contributed by atoms with Gasteiger partial charge in [0.15, 0.2) is 0 Å². The average Bonchev–Trinajstić information content (AvgIpc) is 2.21. The highest BCUT2D eigenvalue weighted by Crippen LogP contribution is 2.25. The third-order valence-electron chi connectivity index (χ3n) is 2.03. The molecular formula is C12H19ClO. The van der Waals surface area contributed by atoms with Crippen LogP contribution >= 0.6 is 11.6 Å². The number of hydrogen-bond donors (Lipinski definition) is 0. The molecule has 0 spiro atoms. The monoisotopic (exact) mass is 214 g/mol. The van der Waals surface area contributed by atoms with Crippen LogP contribution in [0.2, 0.25) is 5.02 Å². The molecule has 0 amide bonds. The maximum absolute atomic E-state index is 5.85. The van der Waals surface area contributed by atoms with Gasteiger partial charge in [-0.15, -0.1) is 0 Å². The fraction of sp³-hybridized carbons (Fsp3) is 0.500. The molecule has 0 heterocycles. The molecule has 0 N–H and O–H groups in total. The first-order valence-electron chi connectivity index (χ1n) is 4.87. The van der Waals surface area contributed by atoms with Crippen molar-refractivity contribution < 1.29 is 4.74 Å². The average molecular weight is 215 g/mol. The number of halogens is 1. The molecule has 2 heteroatoms. The second-order valence-electron chi connectivity index (χ2n) is 3.22. The van der Waals surface area contributed by atoms with E-state index in [0.29, 0.717) is 0 Å². The van der Waals surface area contributed by atoms with Crippen LogP contribution in [0.1, 0.15) is 33.3 Å². The molecule has 80 valence electrons. The molecule has 0 saturated heterocycles. The van der Waals surface area contributed by atoms with Gasteiger partial charge in [-0.05, 0) is 31.5 Å². The van der Waals surface area contributed by atoms with Crippen LogP contribution in [0, 0.1) is 0 Å². The van der Waals surface area contributed by atoms with E-state index in [9.17, 15) is 0 Å². The zero-order valence-electron chi connectivity index (χ0n) is 9.60. The lowest BCUT2D eigenvalue weighted by Gasteiger charge is -2.23. The molecule has 0 aliphatic rings. The van der Waals surface area contributed by atoms with Gasteiger partial charge >= 0.3 is 0 Å². The van der Waals surface area contributed by atoms with Crippen molar-refractivity contribution in [2.45, 2.75) is 33.3 Å². The topological polar surface area (TPSA) is 9.23 Å². The molecule has 1 aromatic rings. The summed E-state index contributed by atoms with van der Waals surface area (Å²) in [5.74, 6) is 0. The molecule has 0 aromatic heterocycles. The quantitative estimate of drug-likeness (QED) is 0.715. The second kappa shape index (κ2) is 6.05. The first-order valence-corrected chi connectivity index (χ1v) is 5.25. The Morgan fingerprint density at radius 3 is 2.21 bits per heavy atom. The molecule has 1 nitrogen and oxygen atoms in total. The highest BCUT2D eigenvalue weighted by atomic mass is 35.5.